The lowest BCUT2D eigenvalue weighted by atomic mass is 10.3. The van der Waals surface area contributed by atoms with Gasteiger partial charge in [0, 0.05) is 6.54 Å². The predicted molar refractivity (Wildman–Crippen MR) is 77.3 cm³/mol. The second-order valence-electron chi connectivity index (χ2n) is 3.93. The Hall–Kier alpha value is -1.06. The summed E-state index contributed by atoms with van der Waals surface area (Å²) in [6, 6.07) is 0. The topological polar surface area (TPSA) is 101 Å². The summed E-state index contributed by atoms with van der Waals surface area (Å²) in [6.45, 7) is 2.14. The summed E-state index contributed by atoms with van der Waals surface area (Å²) in [6.07, 6.45) is 4.82. The third-order valence-electron chi connectivity index (χ3n) is 2.44. The fourth-order valence-electron chi connectivity index (χ4n) is 1.48. The van der Waals surface area contributed by atoms with Crippen LogP contribution in [0.25, 0.3) is 0 Å². The molecule has 7 nitrogen and oxygen atoms in total. The van der Waals surface area contributed by atoms with E-state index in [-0.39, 0.29) is 17.2 Å². The number of esters is 1. The number of H-pyrrole nitrogens is 1. The highest BCUT2D eigenvalue weighted by Gasteiger charge is 2.25. The first-order chi connectivity index (χ1) is 9.53. The Labute approximate surface area is 122 Å². The van der Waals surface area contributed by atoms with Crippen molar-refractivity contribution >= 4 is 27.8 Å². The molecule has 0 amide bonds. The number of aromatic amines is 1. The summed E-state index contributed by atoms with van der Waals surface area (Å²) in [7, 11) is -3.77. The number of nitrogens with zero attached hydrogens (tertiary/aromatic N) is 1. The number of nitrogens with one attached hydrogen (secondary N) is 2. The number of carbonyl (C=O) groups is 1. The zero-order chi connectivity index (χ0) is 15.0. The van der Waals surface area contributed by atoms with Gasteiger partial charge in [-0.1, -0.05) is 0 Å². The van der Waals surface area contributed by atoms with Gasteiger partial charge in [-0.25, -0.2) is 17.9 Å². The van der Waals surface area contributed by atoms with Crippen molar-refractivity contribution in [3.63, 3.8) is 0 Å². The molecule has 0 aromatic carbocycles. The van der Waals surface area contributed by atoms with E-state index in [9.17, 15) is 13.2 Å². The highest BCUT2D eigenvalue weighted by molar-refractivity contribution is 7.98. The van der Waals surface area contributed by atoms with Crippen LogP contribution in [0.2, 0.25) is 0 Å². The molecule has 1 rings (SSSR count). The third-order valence-corrected chi connectivity index (χ3v) is 4.57. The van der Waals surface area contributed by atoms with Crippen molar-refractivity contribution in [1.82, 2.24) is 14.9 Å². The lowest BCUT2D eigenvalue weighted by Crippen LogP contribution is -2.27. The molecule has 0 bridgehead atoms. The molecule has 0 spiro atoms. The molecular weight excluding hydrogens is 302 g/mol. The summed E-state index contributed by atoms with van der Waals surface area (Å²) in [5.74, 6) is 0.281. The summed E-state index contributed by atoms with van der Waals surface area (Å²) in [5.41, 5.74) is -0.0801. The highest BCUT2D eigenvalue weighted by atomic mass is 32.2. The molecule has 0 radical (unpaired) electrons. The van der Waals surface area contributed by atoms with Gasteiger partial charge < -0.3 is 4.74 Å². The minimum absolute atomic E-state index is 0.0801. The minimum Gasteiger partial charge on any atom is -0.462 e. The quantitative estimate of drug-likeness (QED) is 0.520. The summed E-state index contributed by atoms with van der Waals surface area (Å²) < 4.78 is 31.3. The zero-order valence-electron chi connectivity index (χ0n) is 11.5. The van der Waals surface area contributed by atoms with Crippen LogP contribution in [0.1, 0.15) is 30.1 Å². The van der Waals surface area contributed by atoms with Gasteiger partial charge in [-0.2, -0.15) is 16.9 Å². The van der Waals surface area contributed by atoms with Crippen molar-refractivity contribution in [3.8, 4) is 0 Å². The second-order valence-corrected chi connectivity index (χ2v) is 6.62. The van der Waals surface area contributed by atoms with Gasteiger partial charge in [0.1, 0.15) is 5.56 Å². The van der Waals surface area contributed by atoms with Gasteiger partial charge in [-0.05, 0) is 31.8 Å². The monoisotopic (exact) mass is 321 g/mol. The lowest BCUT2D eigenvalue weighted by Gasteiger charge is -2.06. The molecule has 0 aliphatic heterocycles. The normalized spacial score (nSPS) is 11.5. The van der Waals surface area contributed by atoms with Crippen molar-refractivity contribution in [1.29, 1.82) is 0 Å². The molecule has 114 valence electrons. The molecule has 0 fully saturated rings. The van der Waals surface area contributed by atoms with Gasteiger partial charge in [0.2, 0.25) is 0 Å². The number of sulfonamides is 1. The van der Waals surface area contributed by atoms with E-state index in [1.54, 1.807) is 18.7 Å². The molecular formula is C11H19N3O4S2. The number of hydrogen-bond acceptors (Lipinski definition) is 6. The van der Waals surface area contributed by atoms with Crippen LogP contribution in [0.4, 0.5) is 0 Å². The number of carbonyl (C=O) groups excluding carboxylic acids is 1. The summed E-state index contributed by atoms with van der Waals surface area (Å²) in [5, 5.41) is 5.68. The van der Waals surface area contributed by atoms with Crippen molar-refractivity contribution in [2.75, 3.05) is 25.2 Å². The number of aromatic nitrogens is 2. The summed E-state index contributed by atoms with van der Waals surface area (Å²) >= 11 is 1.71. The van der Waals surface area contributed by atoms with E-state index in [2.05, 4.69) is 14.9 Å². The average molecular weight is 321 g/mol. The van der Waals surface area contributed by atoms with Gasteiger partial charge >= 0.3 is 5.97 Å². The van der Waals surface area contributed by atoms with Crippen molar-refractivity contribution < 1.29 is 17.9 Å². The molecule has 0 aliphatic rings. The van der Waals surface area contributed by atoms with Crippen LogP contribution >= 0.6 is 11.8 Å². The molecule has 9 heteroatoms. The molecule has 1 aromatic rings. The van der Waals surface area contributed by atoms with E-state index in [1.165, 1.54) is 0 Å². The lowest BCUT2D eigenvalue weighted by molar-refractivity contribution is 0.0522. The number of rotatable bonds is 9. The fourth-order valence-corrected chi connectivity index (χ4v) is 3.13. The van der Waals surface area contributed by atoms with Crippen molar-refractivity contribution in [3.05, 3.63) is 11.8 Å². The Balaban J connectivity index is 2.68. The maximum atomic E-state index is 12.1. The Morgan fingerprint density at radius 2 is 2.25 bits per heavy atom. The molecule has 0 aliphatic carbocycles. The first kappa shape index (κ1) is 17.0. The first-order valence-electron chi connectivity index (χ1n) is 6.22. The molecule has 20 heavy (non-hydrogen) atoms. The van der Waals surface area contributed by atoms with Gasteiger partial charge in [0.15, 0.2) is 5.03 Å². The Kier molecular flexibility index (Phi) is 7.03. The van der Waals surface area contributed by atoms with Gasteiger partial charge in [0.05, 0.1) is 12.8 Å². The van der Waals surface area contributed by atoms with Crippen LogP contribution in [0.3, 0.4) is 0 Å². The highest BCUT2D eigenvalue weighted by Crippen LogP contribution is 2.13. The van der Waals surface area contributed by atoms with Crippen molar-refractivity contribution in [2.24, 2.45) is 0 Å². The van der Waals surface area contributed by atoms with Crippen LogP contribution in [-0.4, -0.2) is 49.7 Å². The average Bonchev–Trinajstić information content (AvgIpc) is 2.89. The SMILES string of the molecule is CCOC(=O)c1cn[nH]c1S(=O)(=O)NCCCCSC. The number of ether oxygens (including phenoxy) is 1. The fraction of sp³-hybridized carbons (Fsp3) is 0.636. The Morgan fingerprint density at radius 1 is 1.50 bits per heavy atom. The van der Waals surface area contributed by atoms with Crippen LogP contribution < -0.4 is 4.72 Å². The minimum atomic E-state index is -3.77. The molecule has 1 heterocycles. The smallest absolute Gasteiger partial charge is 0.342 e. The van der Waals surface area contributed by atoms with Crippen molar-refractivity contribution in [2.45, 2.75) is 24.8 Å². The van der Waals surface area contributed by atoms with Gasteiger partial charge in [-0.3, -0.25) is 5.10 Å². The molecule has 0 atom stereocenters. The van der Waals surface area contributed by atoms with E-state index >= 15 is 0 Å². The van der Waals surface area contributed by atoms with Gasteiger partial charge in [0.25, 0.3) is 10.0 Å². The number of thioether (sulfide) groups is 1. The predicted octanol–water partition coefficient (Wildman–Crippen LogP) is 1.01. The Morgan fingerprint density at radius 3 is 2.90 bits per heavy atom. The molecule has 1 aromatic heterocycles. The number of hydrogen-bond donors (Lipinski definition) is 2. The molecule has 2 N–H and O–H groups in total. The van der Waals surface area contributed by atoms with Gasteiger partial charge in [-0.15, -0.1) is 0 Å². The van der Waals surface area contributed by atoms with E-state index in [0.717, 1.165) is 24.8 Å². The maximum absolute atomic E-state index is 12.1. The largest absolute Gasteiger partial charge is 0.462 e. The van der Waals surface area contributed by atoms with Crippen LogP contribution in [-0.2, 0) is 14.8 Å². The van der Waals surface area contributed by atoms with Crippen LogP contribution in [0, 0.1) is 0 Å². The number of unbranched alkanes of at least 4 members (excludes halogenated alkanes) is 1. The second kappa shape index (κ2) is 8.28. The van der Waals surface area contributed by atoms with Crippen LogP contribution in [0.5, 0.6) is 0 Å². The zero-order valence-corrected chi connectivity index (χ0v) is 13.1. The maximum Gasteiger partial charge on any atom is 0.342 e. The van der Waals surface area contributed by atoms with E-state index in [4.69, 9.17) is 4.74 Å². The summed E-state index contributed by atoms with van der Waals surface area (Å²) in [4.78, 5) is 11.6. The molecule has 0 saturated carbocycles. The van der Waals surface area contributed by atoms with E-state index in [1.807, 2.05) is 6.26 Å². The standard InChI is InChI=1S/C11H19N3O4S2/c1-3-18-11(15)9-8-12-14-10(9)20(16,17)13-6-4-5-7-19-2/h8,13H,3-7H2,1-2H3,(H,12,14). The molecule has 0 saturated heterocycles. The first-order valence-corrected chi connectivity index (χ1v) is 9.09. The molecule has 0 unspecified atom stereocenters. The van der Waals surface area contributed by atoms with E-state index in [0.29, 0.717) is 6.54 Å². The third kappa shape index (κ3) is 4.80. The Bertz CT molecular complexity index is 528. The van der Waals surface area contributed by atoms with Crippen LogP contribution in [0.15, 0.2) is 11.2 Å². The van der Waals surface area contributed by atoms with E-state index < -0.39 is 16.0 Å².